The van der Waals surface area contributed by atoms with E-state index in [1.165, 1.54) is 0 Å². The van der Waals surface area contributed by atoms with E-state index in [-0.39, 0.29) is 22.6 Å². The van der Waals surface area contributed by atoms with Crippen molar-refractivity contribution in [2.75, 3.05) is 17.7 Å². The summed E-state index contributed by atoms with van der Waals surface area (Å²) < 4.78 is 24.5. The van der Waals surface area contributed by atoms with Crippen LogP contribution in [0.15, 0.2) is 5.16 Å². The molecule has 0 bridgehead atoms. The van der Waals surface area contributed by atoms with Gasteiger partial charge in [-0.2, -0.15) is 23.7 Å². The van der Waals surface area contributed by atoms with E-state index >= 15 is 0 Å². The largest absolute Gasteiger partial charge is 0.357 e. The van der Waals surface area contributed by atoms with E-state index < -0.39 is 5.76 Å². The lowest BCUT2D eigenvalue weighted by Crippen LogP contribution is -2.27. The molecule has 8 heteroatoms. The Hall–Kier alpha value is -1.18. The number of hydrogen-bond acceptors (Lipinski definition) is 6. The molecule has 1 rings (SSSR count). The first-order valence-electron chi connectivity index (χ1n) is 4.97. The monoisotopic (exact) mass is 263 g/mol. The molecule has 0 amide bonds. The minimum absolute atomic E-state index is 0.00824. The maximum Gasteiger partial charge on any atom is 0.291 e. The van der Waals surface area contributed by atoms with E-state index in [4.69, 9.17) is 0 Å². The number of alkyl halides is 2. The Labute approximate surface area is 103 Å². The molecule has 0 aliphatic carbocycles. The minimum atomic E-state index is -2.55. The average molecular weight is 263 g/mol. The number of aromatic nitrogens is 3. The van der Waals surface area contributed by atoms with Gasteiger partial charge in [0, 0.05) is 12.6 Å². The molecule has 0 aromatic carbocycles. The first kappa shape index (κ1) is 13.9. The Kier molecular flexibility index (Phi) is 4.44. The lowest BCUT2D eigenvalue weighted by Gasteiger charge is -2.20. The highest BCUT2D eigenvalue weighted by Gasteiger charge is 2.15. The Morgan fingerprint density at radius 1 is 1.12 bits per heavy atom. The van der Waals surface area contributed by atoms with Gasteiger partial charge in [-0.15, -0.1) is 0 Å². The maximum absolute atomic E-state index is 12.2. The SMILES string of the molecule is CNc1nc(NC(C)(C)C)nc(SC(F)F)n1. The van der Waals surface area contributed by atoms with E-state index in [1.54, 1.807) is 7.05 Å². The van der Waals surface area contributed by atoms with Crippen molar-refractivity contribution in [2.45, 2.75) is 37.2 Å². The van der Waals surface area contributed by atoms with Crippen molar-refractivity contribution in [3.8, 4) is 0 Å². The van der Waals surface area contributed by atoms with Gasteiger partial charge < -0.3 is 10.6 Å². The summed E-state index contributed by atoms with van der Waals surface area (Å²) in [4.78, 5) is 11.8. The van der Waals surface area contributed by atoms with Gasteiger partial charge >= 0.3 is 0 Å². The van der Waals surface area contributed by atoms with E-state index in [9.17, 15) is 8.78 Å². The lowest BCUT2D eigenvalue weighted by atomic mass is 10.1. The first-order valence-corrected chi connectivity index (χ1v) is 5.85. The van der Waals surface area contributed by atoms with Crippen LogP contribution in [0.5, 0.6) is 0 Å². The molecule has 96 valence electrons. The van der Waals surface area contributed by atoms with Gasteiger partial charge in [0.25, 0.3) is 5.76 Å². The highest BCUT2D eigenvalue weighted by atomic mass is 32.2. The third-order valence-corrected chi connectivity index (χ3v) is 2.09. The van der Waals surface area contributed by atoms with Crippen LogP contribution in [-0.2, 0) is 0 Å². The van der Waals surface area contributed by atoms with Crippen LogP contribution in [0.1, 0.15) is 20.8 Å². The molecule has 0 aliphatic heterocycles. The molecule has 0 fully saturated rings. The number of hydrogen-bond donors (Lipinski definition) is 2. The van der Waals surface area contributed by atoms with E-state index in [0.29, 0.717) is 11.8 Å². The van der Waals surface area contributed by atoms with Crippen molar-refractivity contribution >= 4 is 23.7 Å². The molecule has 0 saturated heterocycles. The quantitative estimate of drug-likeness (QED) is 0.814. The Bertz CT molecular complexity index is 380. The number of nitrogens with one attached hydrogen (secondary N) is 2. The summed E-state index contributed by atoms with van der Waals surface area (Å²) in [6, 6.07) is 0. The number of rotatable bonds is 4. The summed E-state index contributed by atoms with van der Waals surface area (Å²) in [6.07, 6.45) is 0. The molecule has 0 spiro atoms. The van der Waals surface area contributed by atoms with E-state index in [0.717, 1.165) is 0 Å². The molecule has 0 aliphatic rings. The van der Waals surface area contributed by atoms with Crippen LogP contribution >= 0.6 is 11.8 Å². The Morgan fingerprint density at radius 2 is 1.71 bits per heavy atom. The predicted molar refractivity (Wildman–Crippen MR) is 64.6 cm³/mol. The van der Waals surface area contributed by atoms with Gasteiger partial charge in [-0.1, -0.05) is 0 Å². The van der Waals surface area contributed by atoms with Crippen molar-refractivity contribution in [1.29, 1.82) is 0 Å². The maximum atomic E-state index is 12.2. The fourth-order valence-corrected chi connectivity index (χ4v) is 1.43. The fourth-order valence-electron chi connectivity index (χ4n) is 0.992. The highest BCUT2D eigenvalue weighted by molar-refractivity contribution is 7.99. The van der Waals surface area contributed by atoms with Gasteiger partial charge in [-0.3, -0.25) is 0 Å². The zero-order valence-electron chi connectivity index (χ0n) is 10.1. The Balaban J connectivity index is 2.97. The molecule has 1 heterocycles. The van der Waals surface area contributed by atoms with E-state index in [2.05, 4.69) is 25.6 Å². The number of anilines is 2. The summed E-state index contributed by atoms with van der Waals surface area (Å²) in [5.74, 6) is -2.01. The van der Waals surface area contributed by atoms with Crippen molar-refractivity contribution in [3.05, 3.63) is 0 Å². The fraction of sp³-hybridized carbons (Fsp3) is 0.667. The standard InChI is InChI=1S/C9H15F2N5S/c1-9(2,3)16-7-13-6(12-4)14-8(15-7)17-5(10)11/h5H,1-4H3,(H2,12,13,14,15,16). The van der Waals surface area contributed by atoms with Crippen LogP contribution in [0.2, 0.25) is 0 Å². The number of nitrogens with zero attached hydrogens (tertiary/aromatic N) is 3. The minimum Gasteiger partial charge on any atom is -0.357 e. The van der Waals surface area contributed by atoms with Crippen molar-refractivity contribution in [2.24, 2.45) is 0 Å². The zero-order valence-corrected chi connectivity index (χ0v) is 10.9. The van der Waals surface area contributed by atoms with Crippen LogP contribution < -0.4 is 10.6 Å². The van der Waals surface area contributed by atoms with Gasteiger partial charge in [0.1, 0.15) is 0 Å². The van der Waals surface area contributed by atoms with Crippen LogP contribution in [0.25, 0.3) is 0 Å². The molecular weight excluding hydrogens is 248 g/mol. The Morgan fingerprint density at radius 3 is 2.18 bits per heavy atom. The third-order valence-electron chi connectivity index (χ3n) is 1.52. The smallest absolute Gasteiger partial charge is 0.291 e. The average Bonchev–Trinajstić information content (AvgIpc) is 2.13. The summed E-state index contributed by atoms with van der Waals surface area (Å²) in [5.41, 5.74) is -0.251. The van der Waals surface area contributed by atoms with Gasteiger partial charge in [0.15, 0.2) is 5.16 Å². The molecule has 17 heavy (non-hydrogen) atoms. The van der Waals surface area contributed by atoms with Gasteiger partial charge in [-0.25, -0.2) is 0 Å². The number of halogens is 2. The topological polar surface area (TPSA) is 62.7 Å². The molecule has 0 radical (unpaired) electrons. The van der Waals surface area contributed by atoms with Gasteiger partial charge in [0.2, 0.25) is 11.9 Å². The van der Waals surface area contributed by atoms with Crippen molar-refractivity contribution in [3.63, 3.8) is 0 Å². The summed E-state index contributed by atoms with van der Waals surface area (Å²) in [6.45, 7) is 5.78. The molecule has 0 atom stereocenters. The van der Waals surface area contributed by atoms with Crippen LogP contribution in [0.4, 0.5) is 20.7 Å². The molecule has 1 aromatic rings. The van der Waals surface area contributed by atoms with Crippen molar-refractivity contribution in [1.82, 2.24) is 15.0 Å². The first-order chi connectivity index (χ1) is 7.80. The normalized spacial score (nSPS) is 11.7. The van der Waals surface area contributed by atoms with Crippen LogP contribution in [0.3, 0.4) is 0 Å². The van der Waals surface area contributed by atoms with E-state index in [1.807, 2.05) is 20.8 Å². The molecular formula is C9H15F2N5S. The van der Waals surface area contributed by atoms with Crippen molar-refractivity contribution < 1.29 is 8.78 Å². The van der Waals surface area contributed by atoms with Gasteiger partial charge in [0.05, 0.1) is 0 Å². The predicted octanol–water partition coefficient (Wildman–Crippen LogP) is 2.44. The lowest BCUT2D eigenvalue weighted by molar-refractivity contribution is 0.251. The molecule has 0 saturated carbocycles. The zero-order chi connectivity index (χ0) is 13.1. The molecule has 0 unspecified atom stereocenters. The summed E-state index contributed by atoms with van der Waals surface area (Å²) in [5, 5.41) is 5.71. The second-order valence-corrected chi connectivity index (χ2v) is 5.23. The third kappa shape index (κ3) is 5.12. The second kappa shape index (κ2) is 5.44. The summed E-state index contributed by atoms with van der Waals surface area (Å²) in [7, 11) is 1.62. The van der Waals surface area contributed by atoms with Crippen LogP contribution in [-0.4, -0.2) is 33.3 Å². The summed E-state index contributed by atoms with van der Waals surface area (Å²) >= 11 is 0.293. The second-order valence-electron chi connectivity index (χ2n) is 4.27. The molecule has 2 N–H and O–H groups in total. The molecule has 1 aromatic heterocycles. The number of thioether (sulfide) groups is 1. The highest BCUT2D eigenvalue weighted by Crippen LogP contribution is 2.23. The van der Waals surface area contributed by atoms with Crippen LogP contribution in [0, 0.1) is 0 Å². The molecule has 5 nitrogen and oxygen atoms in total. The van der Waals surface area contributed by atoms with Gasteiger partial charge in [-0.05, 0) is 32.5 Å².